The number of amides is 3. The lowest BCUT2D eigenvalue weighted by molar-refractivity contribution is -0.143. The molecule has 2 aliphatic rings. The van der Waals surface area contributed by atoms with Gasteiger partial charge in [0.05, 0.1) is 31.2 Å². The lowest BCUT2D eigenvalue weighted by Crippen LogP contribution is -2.45. The number of likely N-dealkylation sites (tertiary alicyclic amines) is 1. The predicted molar refractivity (Wildman–Crippen MR) is 205 cm³/mol. The molecule has 2 saturated heterocycles. The number of carbonyl (C=O) groups excluding carboxylic acids is 3. The quantitative estimate of drug-likeness (QED) is 0.131. The Morgan fingerprint density at radius 3 is 2.19 bits per heavy atom. The fourth-order valence-electron chi connectivity index (χ4n) is 7.06. The molecule has 0 aliphatic carbocycles. The number of benzene rings is 4. The number of imide groups is 1. The lowest BCUT2D eigenvalue weighted by Gasteiger charge is -2.30. The first-order chi connectivity index (χ1) is 26.3. The number of nitrogens with one attached hydrogen (secondary N) is 1. The molecule has 0 bridgehead atoms. The number of aliphatic imine (C=N–C) groups is 1. The number of ether oxygens (including phenoxy) is 2. The van der Waals surface area contributed by atoms with Gasteiger partial charge >= 0.3 is 12.1 Å². The van der Waals surface area contributed by atoms with E-state index in [1.807, 2.05) is 91.0 Å². The molecule has 2 fully saturated rings. The Morgan fingerprint density at radius 1 is 0.870 bits per heavy atom. The maximum absolute atomic E-state index is 14.4. The van der Waals surface area contributed by atoms with Crippen molar-refractivity contribution in [3.63, 3.8) is 0 Å². The van der Waals surface area contributed by atoms with Crippen molar-refractivity contribution < 1.29 is 33.8 Å². The van der Waals surface area contributed by atoms with Crippen molar-refractivity contribution in [2.45, 2.75) is 44.9 Å². The van der Waals surface area contributed by atoms with Crippen LogP contribution < -0.4 is 5.32 Å². The normalized spacial score (nSPS) is 18.0. The molecule has 0 aromatic heterocycles. The van der Waals surface area contributed by atoms with Gasteiger partial charge in [0.25, 0.3) is 0 Å². The van der Waals surface area contributed by atoms with Crippen LogP contribution in [0.25, 0.3) is 0 Å². The summed E-state index contributed by atoms with van der Waals surface area (Å²) in [4.78, 5) is 62.4. The number of anilines is 1. The minimum atomic E-state index is -1.50. The standard InChI is InChI=1S/C43H46N4O7/c1-30(41(49)47-37(29-54-43(47)52)32-18-8-3-9-19-32)35(28-53-27-31-16-6-2-7-17-31)40(42(50)51)45-39(33-20-10-4-11-21-33)34-22-12-13-23-36(34)44-38(48)26-46-24-14-5-15-25-46/h2-4,6-13,16-23,30,35,37,40H,5,14-15,24-29H2,1H3,(H,44,48)(H,50,51)/t30-,35+,37-,40+/m1/s1. The second-order valence-electron chi connectivity index (χ2n) is 13.7. The molecule has 4 aromatic carbocycles. The molecule has 6 rings (SSSR count). The Balaban J connectivity index is 1.37. The van der Waals surface area contributed by atoms with Crippen LogP contribution in [0.2, 0.25) is 0 Å². The molecule has 2 aliphatic heterocycles. The van der Waals surface area contributed by atoms with E-state index in [1.54, 1.807) is 31.2 Å². The van der Waals surface area contributed by atoms with Gasteiger partial charge < -0.3 is 19.9 Å². The minimum absolute atomic E-state index is 0.0184. The third-order valence-corrected chi connectivity index (χ3v) is 9.99. The van der Waals surface area contributed by atoms with Gasteiger partial charge in [-0.2, -0.15) is 0 Å². The van der Waals surface area contributed by atoms with Crippen LogP contribution in [0.15, 0.2) is 120 Å². The van der Waals surface area contributed by atoms with E-state index in [2.05, 4.69) is 10.2 Å². The maximum Gasteiger partial charge on any atom is 0.417 e. The number of carboxylic acids is 1. The molecule has 0 radical (unpaired) electrons. The van der Waals surface area contributed by atoms with Gasteiger partial charge in [-0.15, -0.1) is 0 Å². The molecule has 280 valence electrons. The van der Waals surface area contributed by atoms with E-state index in [0.29, 0.717) is 22.5 Å². The average Bonchev–Trinajstić information content (AvgIpc) is 3.59. The average molecular weight is 731 g/mol. The molecule has 4 aromatic rings. The Bertz CT molecular complexity index is 1920. The molecule has 11 heteroatoms. The van der Waals surface area contributed by atoms with Crippen LogP contribution in [0.3, 0.4) is 0 Å². The van der Waals surface area contributed by atoms with E-state index >= 15 is 0 Å². The molecular weight excluding hydrogens is 684 g/mol. The van der Waals surface area contributed by atoms with Crippen LogP contribution >= 0.6 is 0 Å². The van der Waals surface area contributed by atoms with Gasteiger partial charge in [0.15, 0.2) is 6.04 Å². The smallest absolute Gasteiger partial charge is 0.417 e. The fourth-order valence-corrected chi connectivity index (χ4v) is 7.06. The lowest BCUT2D eigenvalue weighted by atomic mass is 9.85. The van der Waals surface area contributed by atoms with Crippen LogP contribution in [0.4, 0.5) is 10.5 Å². The van der Waals surface area contributed by atoms with Crippen LogP contribution in [-0.4, -0.2) is 83.4 Å². The van der Waals surface area contributed by atoms with Crippen molar-refractivity contribution >= 4 is 35.3 Å². The third kappa shape index (κ3) is 9.47. The van der Waals surface area contributed by atoms with Crippen LogP contribution in [0, 0.1) is 11.8 Å². The zero-order valence-electron chi connectivity index (χ0n) is 30.4. The van der Waals surface area contributed by atoms with Crippen molar-refractivity contribution in [1.82, 2.24) is 9.80 Å². The number of carbonyl (C=O) groups is 4. The van der Waals surface area contributed by atoms with Crippen LogP contribution in [0.1, 0.15) is 54.5 Å². The van der Waals surface area contributed by atoms with Gasteiger partial charge in [0, 0.05) is 23.0 Å². The second-order valence-corrected chi connectivity index (χ2v) is 13.7. The monoisotopic (exact) mass is 730 g/mol. The van der Waals surface area contributed by atoms with Gasteiger partial charge in [0.1, 0.15) is 12.6 Å². The summed E-state index contributed by atoms with van der Waals surface area (Å²) in [7, 11) is 0. The zero-order valence-corrected chi connectivity index (χ0v) is 30.4. The first kappa shape index (κ1) is 38.1. The highest BCUT2D eigenvalue weighted by molar-refractivity contribution is 6.17. The van der Waals surface area contributed by atoms with Crippen molar-refractivity contribution in [3.05, 3.63) is 138 Å². The summed E-state index contributed by atoms with van der Waals surface area (Å²) in [6.45, 7) is 3.56. The highest BCUT2D eigenvalue weighted by Gasteiger charge is 2.45. The van der Waals surface area contributed by atoms with Gasteiger partial charge in [-0.25, -0.2) is 14.5 Å². The number of para-hydroxylation sites is 1. The molecule has 54 heavy (non-hydrogen) atoms. The number of aliphatic carboxylic acids is 1. The summed E-state index contributed by atoms with van der Waals surface area (Å²) >= 11 is 0. The number of cyclic esters (lactones) is 1. The van der Waals surface area contributed by atoms with E-state index in [4.69, 9.17) is 14.5 Å². The van der Waals surface area contributed by atoms with E-state index in [9.17, 15) is 24.3 Å². The van der Waals surface area contributed by atoms with E-state index in [0.717, 1.165) is 48.4 Å². The largest absolute Gasteiger partial charge is 0.480 e. The van der Waals surface area contributed by atoms with Gasteiger partial charge in [-0.3, -0.25) is 19.5 Å². The topological polar surface area (TPSA) is 138 Å². The van der Waals surface area contributed by atoms with Crippen LogP contribution in [0.5, 0.6) is 0 Å². The summed E-state index contributed by atoms with van der Waals surface area (Å²) in [6.07, 6.45) is 2.46. The highest BCUT2D eigenvalue weighted by atomic mass is 16.6. The molecule has 11 nitrogen and oxygen atoms in total. The molecule has 2 N–H and O–H groups in total. The summed E-state index contributed by atoms with van der Waals surface area (Å²) in [6, 6.07) is 32.7. The van der Waals surface area contributed by atoms with Gasteiger partial charge in [-0.1, -0.05) is 123 Å². The van der Waals surface area contributed by atoms with Crippen molar-refractivity contribution in [2.24, 2.45) is 16.8 Å². The number of nitrogens with zero attached hydrogens (tertiary/aromatic N) is 3. The fraction of sp³-hybridized carbons (Fsp3) is 0.326. The number of rotatable bonds is 15. The second kappa shape index (κ2) is 18.4. The molecule has 0 spiro atoms. The van der Waals surface area contributed by atoms with E-state index in [-0.39, 0.29) is 32.3 Å². The molecule has 2 heterocycles. The number of piperidine rings is 1. The SMILES string of the molecule is C[C@@H](C(=O)N1C(=O)OC[C@@H]1c1ccccc1)[C@H](COCc1ccccc1)[C@H](N=C(c1ccccc1)c1ccccc1NC(=O)CN1CCCCC1)C(=O)O. The summed E-state index contributed by atoms with van der Waals surface area (Å²) in [5.41, 5.74) is 3.55. The Hall–Kier alpha value is -5.65. The summed E-state index contributed by atoms with van der Waals surface area (Å²) in [5, 5.41) is 14.0. The predicted octanol–water partition coefficient (Wildman–Crippen LogP) is 6.59. The maximum atomic E-state index is 14.4. The number of hydrogen-bond donors (Lipinski definition) is 2. The van der Waals surface area contributed by atoms with Crippen molar-refractivity contribution in [3.8, 4) is 0 Å². The highest BCUT2D eigenvalue weighted by Crippen LogP contribution is 2.33. The Morgan fingerprint density at radius 2 is 1.50 bits per heavy atom. The Kier molecular flexibility index (Phi) is 13.0. The zero-order chi connectivity index (χ0) is 37.9. The first-order valence-corrected chi connectivity index (χ1v) is 18.4. The first-order valence-electron chi connectivity index (χ1n) is 18.4. The van der Waals surface area contributed by atoms with E-state index in [1.165, 1.54) is 0 Å². The van der Waals surface area contributed by atoms with Crippen LogP contribution in [-0.2, 0) is 30.5 Å². The number of hydrogen-bond acceptors (Lipinski definition) is 8. The summed E-state index contributed by atoms with van der Waals surface area (Å²) < 4.78 is 11.5. The number of carboxylic acid groups (broad SMARTS) is 1. The summed E-state index contributed by atoms with van der Waals surface area (Å²) in [5.74, 6) is -4.11. The molecular formula is C43H46N4O7. The molecule has 0 saturated carbocycles. The Labute approximate surface area is 315 Å². The van der Waals surface area contributed by atoms with Gasteiger partial charge in [-0.05, 0) is 43.1 Å². The minimum Gasteiger partial charge on any atom is -0.480 e. The van der Waals surface area contributed by atoms with Gasteiger partial charge in [0.2, 0.25) is 11.8 Å². The van der Waals surface area contributed by atoms with Crippen molar-refractivity contribution in [2.75, 3.05) is 38.2 Å². The molecule has 3 amide bonds. The molecule has 4 atom stereocenters. The van der Waals surface area contributed by atoms with Crippen molar-refractivity contribution in [1.29, 1.82) is 0 Å². The van der Waals surface area contributed by atoms with E-state index < -0.39 is 41.9 Å². The molecule has 0 unspecified atom stereocenters. The third-order valence-electron chi connectivity index (χ3n) is 9.99.